The molecule has 0 aromatic heterocycles. The van der Waals surface area contributed by atoms with Gasteiger partial charge in [-0.05, 0) is 69.2 Å². The quantitative estimate of drug-likeness (QED) is 0.694. The van der Waals surface area contributed by atoms with Crippen molar-refractivity contribution in [2.75, 3.05) is 19.3 Å². The lowest BCUT2D eigenvalue weighted by atomic mass is 9.69. The molecule has 0 unspecified atom stereocenters. The first kappa shape index (κ1) is 20.6. The highest BCUT2D eigenvalue weighted by molar-refractivity contribution is 7.86. The summed E-state index contributed by atoms with van der Waals surface area (Å²) in [4.78, 5) is 14.0. The molecule has 1 aliphatic heterocycles. The molecular weight excluding hydrogens is 385 g/mol. The van der Waals surface area contributed by atoms with Crippen LogP contribution in [0.5, 0.6) is 0 Å². The average Bonchev–Trinajstić information content (AvgIpc) is 2.53. The molecule has 2 aliphatic rings. The molecule has 1 aromatic rings. The number of halogens is 1. The second-order valence-electron chi connectivity index (χ2n) is 8.60. The third-order valence-corrected chi connectivity index (χ3v) is 5.45. The highest BCUT2D eigenvalue weighted by Gasteiger charge is 2.40. The minimum atomic E-state index is -3.75. The number of carbonyl (C=O) groups is 1. The number of fused-ring (bicyclic) bond motifs is 1. The number of carbonyl (C=O) groups excluding carboxylic acids is 1. The van der Waals surface area contributed by atoms with Gasteiger partial charge in [-0.15, -0.1) is 0 Å². The lowest BCUT2D eigenvalue weighted by molar-refractivity contribution is 0.0142. The Bertz CT molecular complexity index is 909. The van der Waals surface area contributed by atoms with Crippen molar-refractivity contribution >= 4 is 22.0 Å². The van der Waals surface area contributed by atoms with Crippen LogP contribution in [0.15, 0.2) is 24.3 Å². The molecular formula is C20H26FNO5S. The molecule has 1 amide bonds. The van der Waals surface area contributed by atoms with Gasteiger partial charge in [0.05, 0.1) is 6.26 Å². The predicted octanol–water partition coefficient (Wildman–Crippen LogP) is 3.72. The summed E-state index contributed by atoms with van der Waals surface area (Å²) in [5.41, 5.74) is 0.402. The zero-order valence-corrected chi connectivity index (χ0v) is 17.4. The average molecular weight is 411 g/mol. The van der Waals surface area contributed by atoms with Gasteiger partial charge in [0.15, 0.2) is 0 Å². The van der Waals surface area contributed by atoms with E-state index >= 15 is 0 Å². The third-order valence-electron chi connectivity index (χ3n) is 4.97. The molecule has 1 aliphatic carbocycles. The summed E-state index contributed by atoms with van der Waals surface area (Å²) < 4.78 is 47.8. The summed E-state index contributed by atoms with van der Waals surface area (Å²) in [6.07, 6.45) is 4.33. The van der Waals surface area contributed by atoms with Gasteiger partial charge >= 0.3 is 16.2 Å². The number of likely N-dealkylation sites (tertiary alicyclic amines) is 1. The van der Waals surface area contributed by atoms with Crippen LogP contribution in [0.1, 0.15) is 44.7 Å². The molecule has 1 fully saturated rings. The van der Waals surface area contributed by atoms with E-state index in [1.54, 1.807) is 17.0 Å². The van der Waals surface area contributed by atoms with Crippen LogP contribution in [-0.2, 0) is 25.5 Å². The van der Waals surface area contributed by atoms with E-state index in [-0.39, 0.29) is 17.3 Å². The smallest absolute Gasteiger partial charge is 0.410 e. The van der Waals surface area contributed by atoms with Crippen LogP contribution in [0.2, 0.25) is 0 Å². The Labute approximate surface area is 165 Å². The Hall–Kier alpha value is -2.09. The highest BCUT2D eigenvalue weighted by atomic mass is 32.2. The van der Waals surface area contributed by atoms with Crippen molar-refractivity contribution in [2.45, 2.75) is 45.6 Å². The number of benzene rings is 1. The number of rotatable bonds is 2. The molecule has 1 saturated heterocycles. The number of nitrogens with zero attached hydrogens (tertiary/aromatic N) is 1. The van der Waals surface area contributed by atoms with Gasteiger partial charge in [-0.1, -0.05) is 6.07 Å². The Morgan fingerprint density at radius 3 is 2.43 bits per heavy atom. The Kier molecular flexibility index (Phi) is 5.20. The van der Waals surface area contributed by atoms with Crippen LogP contribution in [0.3, 0.4) is 0 Å². The molecule has 0 atom stereocenters. The van der Waals surface area contributed by atoms with Crippen LogP contribution in [0.4, 0.5) is 9.18 Å². The van der Waals surface area contributed by atoms with Gasteiger partial charge in [0.1, 0.15) is 17.2 Å². The number of piperidine rings is 1. The molecule has 3 rings (SSSR count). The molecule has 0 bridgehead atoms. The molecule has 6 nitrogen and oxygen atoms in total. The van der Waals surface area contributed by atoms with E-state index in [4.69, 9.17) is 8.92 Å². The zero-order valence-electron chi connectivity index (χ0n) is 16.6. The Morgan fingerprint density at radius 1 is 1.21 bits per heavy atom. The number of hydrogen-bond donors (Lipinski definition) is 0. The van der Waals surface area contributed by atoms with Gasteiger partial charge in [-0.2, -0.15) is 8.42 Å². The van der Waals surface area contributed by atoms with E-state index in [0.29, 0.717) is 37.9 Å². The molecule has 28 heavy (non-hydrogen) atoms. The first-order valence-corrected chi connectivity index (χ1v) is 11.1. The molecule has 1 aromatic carbocycles. The van der Waals surface area contributed by atoms with E-state index in [1.165, 1.54) is 12.1 Å². The molecule has 154 valence electrons. The molecule has 1 spiro atoms. The summed E-state index contributed by atoms with van der Waals surface area (Å²) in [5.74, 6) is -0.286. The maximum absolute atomic E-state index is 13.7. The van der Waals surface area contributed by atoms with Crippen molar-refractivity contribution in [3.8, 4) is 0 Å². The number of amides is 1. The van der Waals surface area contributed by atoms with E-state index in [1.807, 2.05) is 20.8 Å². The molecule has 0 radical (unpaired) electrons. The number of allylic oxidation sites excluding steroid dienone is 1. The monoisotopic (exact) mass is 411 g/mol. The third kappa shape index (κ3) is 4.84. The van der Waals surface area contributed by atoms with Crippen LogP contribution in [0, 0.1) is 11.2 Å². The van der Waals surface area contributed by atoms with Crippen LogP contribution in [0.25, 0.3) is 5.76 Å². The minimum Gasteiger partial charge on any atom is -0.444 e. The van der Waals surface area contributed by atoms with Gasteiger partial charge in [-0.25, -0.2) is 9.18 Å². The topological polar surface area (TPSA) is 72.9 Å². The van der Waals surface area contributed by atoms with E-state index in [2.05, 4.69) is 0 Å². The van der Waals surface area contributed by atoms with E-state index < -0.39 is 21.5 Å². The lowest BCUT2D eigenvalue weighted by Crippen LogP contribution is -2.46. The number of hydrogen-bond acceptors (Lipinski definition) is 5. The summed E-state index contributed by atoms with van der Waals surface area (Å²) >= 11 is 0. The molecule has 0 saturated carbocycles. The van der Waals surface area contributed by atoms with Gasteiger partial charge in [0.25, 0.3) is 0 Å². The van der Waals surface area contributed by atoms with Crippen molar-refractivity contribution in [1.82, 2.24) is 4.90 Å². The Balaban J connectivity index is 1.84. The fraction of sp³-hybridized carbons (Fsp3) is 0.550. The van der Waals surface area contributed by atoms with Crippen LogP contribution < -0.4 is 0 Å². The summed E-state index contributed by atoms with van der Waals surface area (Å²) in [6, 6.07) is 4.34. The largest absolute Gasteiger partial charge is 0.444 e. The number of ether oxygens (including phenoxy) is 1. The highest BCUT2D eigenvalue weighted by Crippen LogP contribution is 2.44. The molecule has 8 heteroatoms. The van der Waals surface area contributed by atoms with E-state index in [0.717, 1.165) is 11.8 Å². The lowest BCUT2D eigenvalue weighted by Gasteiger charge is -2.42. The molecule has 1 heterocycles. The summed E-state index contributed by atoms with van der Waals surface area (Å²) in [5, 5.41) is 0. The fourth-order valence-corrected chi connectivity index (χ4v) is 4.20. The van der Waals surface area contributed by atoms with Crippen LogP contribution >= 0.6 is 0 Å². The second-order valence-corrected chi connectivity index (χ2v) is 10.2. The van der Waals surface area contributed by atoms with Gasteiger partial charge in [-0.3, -0.25) is 0 Å². The van der Waals surface area contributed by atoms with E-state index in [9.17, 15) is 17.6 Å². The molecule has 0 N–H and O–H groups in total. The predicted molar refractivity (Wildman–Crippen MR) is 103 cm³/mol. The normalized spacial score (nSPS) is 19.0. The van der Waals surface area contributed by atoms with Gasteiger partial charge in [0, 0.05) is 18.7 Å². The first-order valence-electron chi connectivity index (χ1n) is 9.25. The maximum atomic E-state index is 13.7. The zero-order chi connectivity index (χ0) is 20.7. The van der Waals surface area contributed by atoms with Crippen molar-refractivity contribution < 1.29 is 26.5 Å². The van der Waals surface area contributed by atoms with Crippen molar-refractivity contribution in [1.29, 1.82) is 0 Å². The maximum Gasteiger partial charge on any atom is 0.410 e. The minimum absolute atomic E-state index is 0.161. The van der Waals surface area contributed by atoms with Crippen molar-refractivity contribution in [3.63, 3.8) is 0 Å². The summed E-state index contributed by atoms with van der Waals surface area (Å²) in [6.45, 7) is 6.46. The second kappa shape index (κ2) is 7.06. The van der Waals surface area contributed by atoms with Gasteiger partial charge < -0.3 is 13.8 Å². The Morgan fingerprint density at radius 2 is 1.86 bits per heavy atom. The SMILES string of the molecule is CC(C)(C)OC(=O)N1CCC2(C=C(OS(C)(=O)=O)c3cc(F)ccc3C2)CC1. The van der Waals surface area contributed by atoms with Crippen molar-refractivity contribution in [2.24, 2.45) is 5.41 Å². The fourth-order valence-electron chi connectivity index (χ4n) is 3.73. The van der Waals surface area contributed by atoms with Crippen LogP contribution in [-0.4, -0.2) is 44.4 Å². The van der Waals surface area contributed by atoms with Crippen molar-refractivity contribution in [3.05, 3.63) is 41.2 Å². The van der Waals surface area contributed by atoms with Gasteiger partial charge in [0.2, 0.25) is 0 Å². The first-order chi connectivity index (χ1) is 12.9. The standard InChI is InChI=1S/C20H26FNO5S/c1-19(2,3)26-18(23)22-9-7-20(8-10-22)12-14-5-6-15(21)11-16(14)17(13-20)27-28(4,24)25/h5-6,11,13H,7-10,12H2,1-4H3. The summed E-state index contributed by atoms with van der Waals surface area (Å²) in [7, 11) is -3.75.